The summed E-state index contributed by atoms with van der Waals surface area (Å²) in [5.74, 6) is 3.54. The van der Waals surface area contributed by atoms with Gasteiger partial charge in [0.2, 0.25) is 0 Å². The van der Waals surface area contributed by atoms with Crippen molar-refractivity contribution in [3.05, 3.63) is 59.2 Å². The third-order valence-corrected chi connectivity index (χ3v) is 8.29. The van der Waals surface area contributed by atoms with Gasteiger partial charge in [-0.2, -0.15) is 0 Å². The van der Waals surface area contributed by atoms with E-state index in [1.807, 2.05) is 26.0 Å². The van der Waals surface area contributed by atoms with E-state index in [-0.39, 0.29) is 5.91 Å². The number of ether oxygens (including phenoxy) is 1. The van der Waals surface area contributed by atoms with Crippen LogP contribution in [-0.4, -0.2) is 12.0 Å². The molecule has 0 saturated heterocycles. The van der Waals surface area contributed by atoms with Crippen LogP contribution in [0.25, 0.3) is 0 Å². The van der Waals surface area contributed by atoms with Crippen molar-refractivity contribution in [3.8, 4) is 5.75 Å². The van der Waals surface area contributed by atoms with Gasteiger partial charge in [0.15, 0.2) is 6.10 Å². The van der Waals surface area contributed by atoms with Crippen molar-refractivity contribution in [2.75, 3.05) is 5.32 Å². The zero-order chi connectivity index (χ0) is 21.6. The Morgan fingerprint density at radius 1 is 1.00 bits per heavy atom. The molecule has 3 nitrogen and oxygen atoms in total. The molecule has 4 bridgehead atoms. The van der Waals surface area contributed by atoms with Gasteiger partial charge in [-0.1, -0.05) is 31.2 Å². The van der Waals surface area contributed by atoms with Crippen LogP contribution in [0, 0.1) is 31.6 Å². The largest absolute Gasteiger partial charge is 0.480 e. The predicted octanol–water partition coefficient (Wildman–Crippen LogP) is 6.57. The van der Waals surface area contributed by atoms with Crippen LogP contribution >= 0.6 is 0 Å². The summed E-state index contributed by atoms with van der Waals surface area (Å²) >= 11 is 0. The minimum absolute atomic E-state index is 0.0778. The number of aryl methyl sites for hydroxylation is 1. The molecule has 0 aromatic heterocycles. The normalized spacial score (nSPS) is 29.6. The molecule has 2 aromatic rings. The molecule has 3 heteroatoms. The highest BCUT2D eigenvalue weighted by Gasteiger charge is 2.51. The molecule has 4 saturated carbocycles. The Morgan fingerprint density at radius 2 is 1.61 bits per heavy atom. The van der Waals surface area contributed by atoms with Gasteiger partial charge in [-0.3, -0.25) is 4.79 Å². The van der Waals surface area contributed by atoms with Crippen molar-refractivity contribution >= 4 is 11.6 Å². The van der Waals surface area contributed by atoms with Crippen molar-refractivity contribution in [1.82, 2.24) is 0 Å². The Balaban J connectivity index is 1.27. The van der Waals surface area contributed by atoms with Crippen molar-refractivity contribution < 1.29 is 9.53 Å². The first-order valence-corrected chi connectivity index (χ1v) is 12.1. The summed E-state index contributed by atoms with van der Waals surface area (Å²) in [4.78, 5) is 12.9. The highest BCUT2D eigenvalue weighted by Crippen LogP contribution is 2.60. The van der Waals surface area contributed by atoms with E-state index in [9.17, 15) is 4.79 Å². The second-order valence-electron chi connectivity index (χ2n) is 10.5. The van der Waals surface area contributed by atoms with E-state index in [1.54, 1.807) is 0 Å². The molecule has 4 aliphatic rings. The summed E-state index contributed by atoms with van der Waals surface area (Å²) in [6.07, 6.45) is 8.63. The molecule has 31 heavy (non-hydrogen) atoms. The highest BCUT2D eigenvalue weighted by atomic mass is 16.5. The van der Waals surface area contributed by atoms with E-state index in [4.69, 9.17) is 4.74 Å². The Kier molecular flexibility index (Phi) is 5.32. The van der Waals surface area contributed by atoms with Crippen molar-refractivity contribution in [2.24, 2.45) is 17.8 Å². The van der Waals surface area contributed by atoms with E-state index in [1.165, 1.54) is 49.7 Å². The zero-order valence-electron chi connectivity index (χ0n) is 19.1. The first-order valence-electron chi connectivity index (χ1n) is 12.1. The van der Waals surface area contributed by atoms with Crippen LogP contribution in [0.15, 0.2) is 42.5 Å². The van der Waals surface area contributed by atoms with Crippen LogP contribution in [-0.2, 0) is 10.2 Å². The topological polar surface area (TPSA) is 38.3 Å². The molecule has 1 amide bonds. The Morgan fingerprint density at radius 3 is 2.19 bits per heavy atom. The van der Waals surface area contributed by atoms with Gasteiger partial charge in [-0.25, -0.2) is 0 Å². The molecule has 4 fully saturated rings. The summed E-state index contributed by atoms with van der Waals surface area (Å²) in [6.45, 7) is 6.10. The molecular weight excluding hydrogens is 382 g/mol. The average Bonchev–Trinajstić information content (AvgIpc) is 2.74. The predicted molar refractivity (Wildman–Crippen MR) is 126 cm³/mol. The third-order valence-electron chi connectivity index (χ3n) is 8.29. The Bertz CT molecular complexity index is 926. The van der Waals surface area contributed by atoms with E-state index < -0.39 is 6.10 Å². The average molecular weight is 418 g/mol. The Hall–Kier alpha value is -2.29. The summed E-state index contributed by atoms with van der Waals surface area (Å²) in [5.41, 5.74) is 5.01. The van der Waals surface area contributed by atoms with Gasteiger partial charge in [0, 0.05) is 5.69 Å². The summed E-state index contributed by atoms with van der Waals surface area (Å²) in [7, 11) is 0. The Labute approximate surface area is 186 Å². The molecule has 0 aliphatic heterocycles. The molecule has 0 unspecified atom stereocenters. The fraction of sp³-hybridized carbons (Fsp3) is 0.536. The number of nitrogens with one attached hydrogen (secondary N) is 1. The van der Waals surface area contributed by atoms with Gasteiger partial charge in [0.05, 0.1) is 0 Å². The lowest BCUT2D eigenvalue weighted by Gasteiger charge is -2.57. The van der Waals surface area contributed by atoms with E-state index in [0.29, 0.717) is 11.8 Å². The van der Waals surface area contributed by atoms with Crippen LogP contribution in [0.5, 0.6) is 5.75 Å². The number of anilines is 1. The van der Waals surface area contributed by atoms with Crippen molar-refractivity contribution in [3.63, 3.8) is 0 Å². The second kappa shape index (κ2) is 8.00. The van der Waals surface area contributed by atoms with Crippen LogP contribution in [0.3, 0.4) is 0 Å². The number of benzene rings is 2. The number of hydrogen-bond acceptors (Lipinski definition) is 2. The molecule has 0 heterocycles. The second-order valence-corrected chi connectivity index (χ2v) is 10.5. The number of rotatable bonds is 6. The number of carbonyl (C=O) groups is 1. The van der Waals surface area contributed by atoms with Gasteiger partial charge in [-0.15, -0.1) is 0 Å². The lowest BCUT2D eigenvalue weighted by atomic mass is 9.48. The van der Waals surface area contributed by atoms with E-state index >= 15 is 0 Å². The van der Waals surface area contributed by atoms with E-state index in [0.717, 1.165) is 34.8 Å². The number of carbonyl (C=O) groups excluding carboxylic acids is 1. The lowest BCUT2D eigenvalue weighted by molar-refractivity contribution is -0.122. The van der Waals surface area contributed by atoms with Gasteiger partial charge >= 0.3 is 0 Å². The molecule has 164 valence electrons. The fourth-order valence-corrected chi connectivity index (χ4v) is 6.92. The maximum atomic E-state index is 12.9. The first-order chi connectivity index (χ1) is 15.0. The number of hydrogen-bond donors (Lipinski definition) is 1. The van der Waals surface area contributed by atoms with Gasteiger partial charge in [0.1, 0.15) is 5.75 Å². The lowest BCUT2D eigenvalue weighted by Crippen LogP contribution is -2.48. The molecule has 2 aromatic carbocycles. The van der Waals surface area contributed by atoms with Crippen molar-refractivity contribution in [2.45, 2.75) is 77.2 Å². The highest BCUT2D eigenvalue weighted by molar-refractivity contribution is 5.94. The third kappa shape index (κ3) is 3.88. The summed E-state index contributed by atoms with van der Waals surface area (Å²) in [6, 6.07) is 14.7. The maximum absolute atomic E-state index is 12.9. The van der Waals surface area contributed by atoms with Crippen molar-refractivity contribution in [1.29, 1.82) is 0 Å². The SMILES string of the molecule is CC[C@H](Oc1cccc(C)c1C)C(=O)Nc1ccc(C23CC4CC(CC(C4)C2)C3)cc1. The standard InChI is InChI=1S/C28H35NO2/c1-4-25(31-26-7-5-6-18(2)19(26)3)27(30)29-24-10-8-23(9-11-24)28-15-20-12-21(16-28)14-22(13-20)17-28/h5-11,20-22,25H,4,12-17H2,1-3H3,(H,29,30)/t20?,21?,22?,25-,28?/m0/s1. The maximum Gasteiger partial charge on any atom is 0.265 e. The molecule has 6 rings (SSSR count). The molecule has 0 spiro atoms. The molecule has 1 N–H and O–H groups in total. The number of amides is 1. The fourth-order valence-electron chi connectivity index (χ4n) is 6.92. The van der Waals surface area contributed by atoms with Crippen LogP contribution < -0.4 is 10.1 Å². The van der Waals surface area contributed by atoms with Gasteiger partial charge in [0.25, 0.3) is 5.91 Å². The minimum atomic E-state index is -0.497. The van der Waals surface area contributed by atoms with Gasteiger partial charge < -0.3 is 10.1 Å². The smallest absolute Gasteiger partial charge is 0.265 e. The monoisotopic (exact) mass is 417 g/mol. The van der Waals surface area contributed by atoms with E-state index in [2.05, 4.69) is 42.6 Å². The van der Waals surface area contributed by atoms with Gasteiger partial charge in [-0.05, 0) is 117 Å². The molecule has 0 radical (unpaired) electrons. The van der Waals surface area contributed by atoms with Crippen LogP contribution in [0.4, 0.5) is 5.69 Å². The molecular formula is C28H35NO2. The van der Waals surface area contributed by atoms with Crippen LogP contribution in [0.2, 0.25) is 0 Å². The molecule has 1 atom stereocenters. The molecule has 4 aliphatic carbocycles. The summed E-state index contributed by atoms with van der Waals surface area (Å²) in [5, 5.41) is 3.08. The first kappa shape index (κ1) is 20.6. The zero-order valence-corrected chi connectivity index (χ0v) is 19.1. The summed E-state index contributed by atoms with van der Waals surface area (Å²) < 4.78 is 6.09. The van der Waals surface area contributed by atoms with Crippen LogP contribution in [0.1, 0.15) is 68.6 Å². The minimum Gasteiger partial charge on any atom is -0.480 e. The quantitative estimate of drug-likeness (QED) is 0.577.